The van der Waals surface area contributed by atoms with Crippen molar-refractivity contribution in [2.45, 2.75) is 65.2 Å². The van der Waals surface area contributed by atoms with E-state index in [0.717, 1.165) is 25.7 Å². The van der Waals surface area contributed by atoms with E-state index in [2.05, 4.69) is 25.7 Å². The van der Waals surface area contributed by atoms with Crippen molar-refractivity contribution < 1.29 is 4.79 Å². The standard InChI is InChI=1S/C13H22O/c1-3-5-7-9-11-13(14)12-10-8-6-4-2/h3-9,11H2,1-2H3. The van der Waals surface area contributed by atoms with Crippen molar-refractivity contribution in [3.8, 4) is 11.8 Å². The van der Waals surface area contributed by atoms with Gasteiger partial charge < -0.3 is 0 Å². The molecule has 0 rings (SSSR count). The van der Waals surface area contributed by atoms with Crippen molar-refractivity contribution in [3.63, 3.8) is 0 Å². The van der Waals surface area contributed by atoms with Gasteiger partial charge in [0.1, 0.15) is 0 Å². The van der Waals surface area contributed by atoms with E-state index < -0.39 is 0 Å². The van der Waals surface area contributed by atoms with Gasteiger partial charge in [0.2, 0.25) is 5.78 Å². The maximum Gasteiger partial charge on any atom is 0.205 e. The van der Waals surface area contributed by atoms with Gasteiger partial charge in [0.15, 0.2) is 0 Å². The second-order valence-electron chi connectivity index (χ2n) is 3.64. The monoisotopic (exact) mass is 194 g/mol. The molecule has 0 amide bonds. The molecule has 0 saturated heterocycles. The fourth-order valence-electron chi connectivity index (χ4n) is 1.20. The Bertz CT molecular complexity index is 195. The minimum Gasteiger partial charge on any atom is -0.285 e. The lowest BCUT2D eigenvalue weighted by Crippen LogP contribution is -1.92. The van der Waals surface area contributed by atoms with Crippen molar-refractivity contribution in [1.82, 2.24) is 0 Å². The smallest absolute Gasteiger partial charge is 0.205 e. The van der Waals surface area contributed by atoms with Crippen LogP contribution in [0.15, 0.2) is 0 Å². The number of hydrogen-bond donors (Lipinski definition) is 0. The minimum atomic E-state index is 0.122. The summed E-state index contributed by atoms with van der Waals surface area (Å²) in [5, 5.41) is 0. The Morgan fingerprint density at radius 3 is 2.36 bits per heavy atom. The molecule has 0 heterocycles. The van der Waals surface area contributed by atoms with Gasteiger partial charge in [-0.1, -0.05) is 45.5 Å². The SMILES string of the molecule is CCCCC#CC(=O)CCCCCC. The van der Waals surface area contributed by atoms with Gasteiger partial charge in [0.05, 0.1) is 0 Å². The van der Waals surface area contributed by atoms with Crippen molar-refractivity contribution in [3.05, 3.63) is 0 Å². The van der Waals surface area contributed by atoms with Crippen LogP contribution in [0.5, 0.6) is 0 Å². The summed E-state index contributed by atoms with van der Waals surface area (Å²) in [6, 6.07) is 0. The van der Waals surface area contributed by atoms with Gasteiger partial charge in [0, 0.05) is 12.8 Å². The Balaban J connectivity index is 3.38. The maximum absolute atomic E-state index is 11.2. The molecule has 0 fully saturated rings. The molecule has 0 unspecified atom stereocenters. The van der Waals surface area contributed by atoms with E-state index in [0.29, 0.717) is 6.42 Å². The number of ketones is 1. The molecule has 0 spiro atoms. The highest BCUT2D eigenvalue weighted by atomic mass is 16.1. The summed E-state index contributed by atoms with van der Waals surface area (Å²) in [4.78, 5) is 11.2. The predicted octanol–water partition coefficient (Wildman–Crippen LogP) is 3.72. The third kappa shape index (κ3) is 9.32. The summed E-state index contributed by atoms with van der Waals surface area (Å²) in [6.45, 7) is 4.31. The molecule has 0 aromatic rings. The molecule has 0 bridgehead atoms. The molecule has 0 aliphatic carbocycles. The molecular weight excluding hydrogens is 172 g/mol. The lowest BCUT2D eigenvalue weighted by molar-refractivity contribution is -0.113. The van der Waals surface area contributed by atoms with E-state index in [1.807, 2.05) is 0 Å². The summed E-state index contributed by atoms with van der Waals surface area (Å²) in [6.07, 6.45) is 8.41. The van der Waals surface area contributed by atoms with Crippen LogP contribution in [-0.2, 0) is 4.79 Å². The molecule has 0 atom stereocenters. The Kier molecular flexibility index (Phi) is 9.74. The van der Waals surface area contributed by atoms with E-state index in [9.17, 15) is 4.79 Å². The first-order valence-corrected chi connectivity index (χ1v) is 5.83. The molecule has 0 aromatic carbocycles. The lowest BCUT2D eigenvalue weighted by atomic mass is 10.1. The zero-order valence-electron chi connectivity index (χ0n) is 9.57. The van der Waals surface area contributed by atoms with Crippen LogP contribution in [0.2, 0.25) is 0 Å². The number of hydrogen-bond acceptors (Lipinski definition) is 1. The zero-order valence-corrected chi connectivity index (χ0v) is 9.57. The molecule has 0 radical (unpaired) electrons. The topological polar surface area (TPSA) is 17.1 Å². The zero-order chi connectivity index (χ0) is 10.6. The molecule has 80 valence electrons. The van der Waals surface area contributed by atoms with E-state index >= 15 is 0 Å². The van der Waals surface area contributed by atoms with Crippen LogP contribution in [0.1, 0.15) is 65.2 Å². The van der Waals surface area contributed by atoms with Gasteiger partial charge in [-0.3, -0.25) is 4.79 Å². The third-order valence-electron chi connectivity index (χ3n) is 2.14. The normalized spacial score (nSPS) is 9.29. The first-order chi connectivity index (χ1) is 6.81. The van der Waals surface area contributed by atoms with Gasteiger partial charge in [-0.25, -0.2) is 0 Å². The second kappa shape index (κ2) is 10.3. The molecule has 0 aromatic heterocycles. The Labute approximate surface area is 88.3 Å². The Morgan fingerprint density at radius 1 is 1.00 bits per heavy atom. The first kappa shape index (κ1) is 13.2. The third-order valence-corrected chi connectivity index (χ3v) is 2.14. The number of carbonyl (C=O) groups is 1. The lowest BCUT2D eigenvalue weighted by Gasteiger charge is -1.94. The number of carbonyl (C=O) groups excluding carboxylic acids is 1. The van der Waals surface area contributed by atoms with Crippen LogP contribution in [-0.4, -0.2) is 5.78 Å². The van der Waals surface area contributed by atoms with Crippen LogP contribution < -0.4 is 0 Å². The van der Waals surface area contributed by atoms with Crippen LogP contribution >= 0.6 is 0 Å². The van der Waals surface area contributed by atoms with Crippen LogP contribution in [0.3, 0.4) is 0 Å². The molecule has 0 aliphatic heterocycles. The van der Waals surface area contributed by atoms with Crippen LogP contribution in [0, 0.1) is 11.8 Å². The van der Waals surface area contributed by atoms with E-state index in [1.54, 1.807) is 0 Å². The minimum absolute atomic E-state index is 0.122. The van der Waals surface area contributed by atoms with Crippen LogP contribution in [0.25, 0.3) is 0 Å². The van der Waals surface area contributed by atoms with Crippen molar-refractivity contribution >= 4 is 5.78 Å². The Hall–Kier alpha value is -0.770. The number of Topliss-reactive ketones (excluding diaryl/α,β-unsaturated/α-hetero) is 1. The van der Waals surface area contributed by atoms with E-state index in [1.165, 1.54) is 19.3 Å². The van der Waals surface area contributed by atoms with Crippen LogP contribution in [0.4, 0.5) is 0 Å². The average Bonchev–Trinajstić information content (AvgIpc) is 2.19. The molecule has 1 heteroatoms. The van der Waals surface area contributed by atoms with Gasteiger partial charge >= 0.3 is 0 Å². The van der Waals surface area contributed by atoms with Gasteiger partial charge in [-0.2, -0.15) is 0 Å². The van der Waals surface area contributed by atoms with Crippen molar-refractivity contribution in [1.29, 1.82) is 0 Å². The summed E-state index contributed by atoms with van der Waals surface area (Å²) in [5.41, 5.74) is 0. The Morgan fingerprint density at radius 2 is 1.71 bits per heavy atom. The van der Waals surface area contributed by atoms with E-state index in [4.69, 9.17) is 0 Å². The summed E-state index contributed by atoms with van der Waals surface area (Å²) < 4.78 is 0. The number of rotatable bonds is 7. The molecule has 0 saturated carbocycles. The molecular formula is C13H22O. The van der Waals surface area contributed by atoms with Gasteiger partial charge in [0.25, 0.3) is 0 Å². The predicted molar refractivity (Wildman–Crippen MR) is 61.1 cm³/mol. The van der Waals surface area contributed by atoms with Crippen molar-refractivity contribution in [2.75, 3.05) is 0 Å². The van der Waals surface area contributed by atoms with Crippen molar-refractivity contribution in [2.24, 2.45) is 0 Å². The molecule has 14 heavy (non-hydrogen) atoms. The molecule has 0 N–H and O–H groups in total. The largest absolute Gasteiger partial charge is 0.285 e. The summed E-state index contributed by atoms with van der Waals surface area (Å²) in [7, 11) is 0. The van der Waals surface area contributed by atoms with E-state index in [-0.39, 0.29) is 5.78 Å². The highest BCUT2D eigenvalue weighted by molar-refractivity contribution is 5.95. The maximum atomic E-state index is 11.2. The fraction of sp³-hybridized carbons (Fsp3) is 0.769. The number of unbranched alkanes of at least 4 members (excludes halogenated alkanes) is 5. The summed E-state index contributed by atoms with van der Waals surface area (Å²) in [5.74, 6) is 5.76. The average molecular weight is 194 g/mol. The molecule has 1 nitrogen and oxygen atoms in total. The summed E-state index contributed by atoms with van der Waals surface area (Å²) >= 11 is 0. The highest BCUT2D eigenvalue weighted by Crippen LogP contribution is 2.02. The quantitative estimate of drug-likeness (QED) is 0.343. The highest BCUT2D eigenvalue weighted by Gasteiger charge is 1.95. The molecule has 0 aliphatic rings. The fourth-order valence-corrected chi connectivity index (χ4v) is 1.20. The van der Waals surface area contributed by atoms with Gasteiger partial charge in [-0.05, 0) is 18.8 Å². The first-order valence-electron chi connectivity index (χ1n) is 5.83. The second-order valence-corrected chi connectivity index (χ2v) is 3.64. The van der Waals surface area contributed by atoms with Gasteiger partial charge in [-0.15, -0.1) is 0 Å².